The van der Waals surface area contributed by atoms with Crippen LogP contribution in [0.15, 0.2) is 38.0 Å². The summed E-state index contributed by atoms with van der Waals surface area (Å²) in [5, 5.41) is 7.80. The van der Waals surface area contributed by atoms with E-state index in [9.17, 15) is 24.0 Å². The molecule has 2 atom stereocenters. The number of hydrogen-bond donors (Lipinski definition) is 3. The van der Waals surface area contributed by atoms with Gasteiger partial charge in [-0.3, -0.25) is 9.59 Å². The maximum atomic E-state index is 12.7. The summed E-state index contributed by atoms with van der Waals surface area (Å²) in [7, 11) is 0. The number of nitrogens with one attached hydrogen (secondary N) is 3. The third-order valence-electron chi connectivity index (χ3n) is 4.80. The molecule has 0 saturated carbocycles. The van der Waals surface area contributed by atoms with Crippen LogP contribution < -0.4 is 16.0 Å². The second-order valence-electron chi connectivity index (χ2n) is 9.65. The average Bonchev–Trinajstić information content (AvgIpc) is 2.84. The number of rotatable bonds is 19. The van der Waals surface area contributed by atoms with Crippen LogP contribution in [0.1, 0.15) is 59.3 Å². The molecule has 0 saturated heterocycles. The molecule has 0 radical (unpaired) electrons. The van der Waals surface area contributed by atoms with Crippen molar-refractivity contribution in [3.05, 3.63) is 38.0 Å². The number of carbonyl (C=O) groups excluding carboxylic acids is 5. The van der Waals surface area contributed by atoms with Gasteiger partial charge in [-0.1, -0.05) is 58.7 Å². The zero-order chi connectivity index (χ0) is 29.0. The van der Waals surface area contributed by atoms with Crippen LogP contribution in [0.3, 0.4) is 0 Å². The summed E-state index contributed by atoms with van der Waals surface area (Å²) in [6.45, 7) is 16.7. The minimum atomic E-state index is -1.17. The molecule has 0 rings (SSSR count). The zero-order valence-corrected chi connectivity index (χ0v) is 22.8. The van der Waals surface area contributed by atoms with Crippen molar-refractivity contribution in [1.29, 1.82) is 0 Å². The smallest absolute Gasteiger partial charge is 0.329 e. The van der Waals surface area contributed by atoms with E-state index in [1.165, 1.54) is 18.2 Å². The van der Waals surface area contributed by atoms with Crippen molar-refractivity contribution < 1.29 is 38.2 Å². The summed E-state index contributed by atoms with van der Waals surface area (Å²) >= 11 is 0. The summed E-state index contributed by atoms with van der Waals surface area (Å²) in [4.78, 5) is 61.3. The molecule has 11 heteroatoms. The van der Waals surface area contributed by atoms with Gasteiger partial charge in [-0.25, -0.2) is 14.4 Å². The second kappa shape index (κ2) is 19.5. The van der Waals surface area contributed by atoms with Gasteiger partial charge in [-0.2, -0.15) is 0 Å². The molecule has 0 aliphatic rings. The maximum Gasteiger partial charge on any atom is 0.329 e. The van der Waals surface area contributed by atoms with E-state index in [1.54, 1.807) is 0 Å². The maximum absolute atomic E-state index is 12.7. The van der Waals surface area contributed by atoms with Crippen LogP contribution in [0.5, 0.6) is 0 Å². The number of unbranched alkanes of at least 4 members (excludes halogenated alkanes) is 1. The number of ether oxygens (including phenoxy) is 3. The highest BCUT2D eigenvalue weighted by Gasteiger charge is 2.27. The fraction of sp³-hybridized carbons (Fsp3) is 0.593. The summed E-state index contributed by atoms with van der Waals surface area (Å²) < 4.78 is 15.0. The van der Waals surface area contributed by atoms with Crippen molar-refractivity contribution in [2.75, 3.05) is 26.4 Å². The highest BCUT2D eigenvalue weighted by atomic mass is 16.5. The minimum absolute atomic E-state index is 0.0209. The third kappa shape index (κ3) is 17.7. The molecule has 0 aliphatic carbocycles. The Hall–Kier alpha value is -3.63. The van der Waals surface area contributed by atoms with E-state index in [1.807, 2.05) is 20.8 Å². The third-order valence-corrected chi connectivity index (χ3v) is 4.80. The number of hydrogen-bond acceptors (Lipinski definition) is 8. The highest BCUT2D eigenvalue weighted by Crippen LogP contribution is 2.17. The first-order chi connectivity index (χ1) is 17.9. The Morgan fingerprint density at radius 1 is 0.763 bits per heavy atom. The Morgan fingerprint density at radius 2 is 1.26 bits per heavy atom. The van der Waals surface area contributed by atoms with Gasteiger partial charge in [0.2, 0.25) is 5.91 Å². The van der Waals surface area contributed by atoms with Crippen LogP contribution in [0.2, 0.25) is 0 Å². The first-order valence-electron chi connectivity index (χ1n) is 12.6. The predicted molar refractivity (Wildman–Crippen MR) is 143 cm³/mol. The van der Waals surface area contributed by atoms with Crippen LogP contribution >= 0.6 is 0 Å². The number of urea groups is 1. The summed E-state index contributed by atoms with van der Waals surface area (Å²) in [5.41, 5.74) is -0.122. The van der Waals surface area contributed by atoms with Crippen LogP contribution in [0.4, 0.5) is 4.79 Å². The van der Waals surface area contributed by atoms with E-state index in [0.717, 1.165) is 0 Å². The highest BCUT2D eigenvalue weighted by molar-refractivity contribution is 5.87. The Kier molecular flexibility index (Phi) is 17.6. The molecule has 0 aromatic rings. The van der Waals surface area contributed by atoms with Crippen molar-refractivity contribution in [2.24, 2.45) is 5.41 Å². The molecular weight excluding hydrogens is 494 g/mol. The van der Waals surface area contributed by atoms with Gasteiger partial charge in [0.05, 0.1) is 0 Å². The monoisotopic (exact) mass is 537 g/mol. The predicted octanol–water partition coefficient (Wildman–Crippen LogP) is 2.71. The molecule has 3 amide bonds. The first kappa shape index (κ1) is 34.4. The van der Waals surface area contributed by atoms with E-state index < -0.39 is 36.0 Å². The van der Waals surface area contributed by atoms with E-state index in [-0.39, 0.29) is 50.4 Å². The lowest BCUT2D eigenvalue weighted by atomic mass is 9.92. The SMILES string of the molecule is C=CCOC(=O)CCC(NC(=O)NC(CCCCNC(=O)CC(C)(C)C)C(=O)OCC=C)C(=O)OCC=C. The molecule has 0 aromatic carbocycles. The molecule has 214 valence electrons. The molecule has 0 aliphatic heterocycles. The number of esters is 3. The largest absolute Gasteiger partial charge is 0.461 e. The fourth-order valence-electron chi connectivity index (χ4n) is 3.07. The van der Waals surface area contributed by atoms with E-state index in [4.69, 9.17) is 14.2 Å². The Labute approximate surface area is 225 Å². The van der Waals surface area contributed by atoms with Crippen molar-refractivity contribution in [3.8, 4) is 0 Å². The normalized spacial score (nSPS) is 12.2. The summed E-state index contributed by atoms with van der Waals surface area (Å²) in [5.74, 6) is -2.07. The van der Waals surface area contributed by atoms with Crippen LogP contribution in [-0.4, -0.2) is 68.3 Å². The Morgan fingerprint density at radius 3 is 1.76 bits per heavy atom. The molecule has 0 aromatic heterocycles. The molecule has 0 spiro atoms. The first-order valence-corrected chi connectivity index (χ1v) is 12.6. The molecule has 0 fully saturated rings. The fourth-order valence-corrected chi connectivity index (χ4v) is 3.07. The van der Waals surface area contributed by atoms with Gasteiger partial charge in [-0.15, -0.1) is 0 Å². The number of amides is 3. The molecular formula is C27H43N3O8. The number of carbonyl (C=O) groups is 5. The van der Waals surface area contributed by atoms with Crippen LogP contribution in [-0.2, 0) is 33.4 Å². The van der Waals surface area contributed by atoms with Crippen LogP contribution in [0.25, 0.3) is 0 Å². The molecule has 38 heavy (non-hydrogen) atoms. The van der Waals surface area contributed by atoms with Gasteiger partial charge in [0, 0.05) is 19.4 Å². The van der Waals surface area contributed by atoms with E-state index >= 15 is 0 Å². The van der Waals surface area contributed by atoms with Crippen molar-refractivity contribution in [2.45, 2.75) is 71.4 Å². The van der Waals surface area contributed by atoms with Crippen LogP contribution in [0, 0.1) is 5.41 Å². The van der Waals surface area contributed by atoms with E-state index in [2.05, 4.69) is 35.7 Å². The van der Waals surface area contributed by atoms with Gasteiger partial charge in [0.25, 0.3) is 0 Å². The topological polar surface area (TPSA) is 149 Å². The second-order valence-corrected chi connectivity index (χ2v) is 9.65. The summed E-state index contributed by atoms with van der Waals surface area (Å²) in [6, 6.07) is -3.00. The van der Waals surface area contributed by atoms with Gasteiger partial charge in [0.1, 0.15) is 31.9 Å². The zero-order valence-electron chi connectivity index (χ0n) is 22.8. The molecule has 11 nitrogen and oxygen atoms in total. The lowest BCUT2D eigenvalue weighted by molar-refractivity contribution is -0.146. The van der Waals surface area contributed by atoms with Gasteiger partial charge >= 0.3 is 23.9 Å². The molecule has 0 bridgehead atoms. The Bertz CT molecular complexity index is 820. The van der Waals surface area contributed by atoms with Crippen molar-refractivity contribution in [1.82, 2.24) is 16.0 Å². The van der Waals surface area contributed by atoms with Gasteiger partial charge in [-0.05, 0) is 31.1 Å². The quantitative estimate of drug-likeness (QED) is 0.0985. The van der Waals surface area contributed by atoms with Gasteiger partial charge in [0.15, 0.2) is 0 Å². The lowest BCUT2D eigenvalue weighted by Crippen LogP contribution is -2.52. The minimum Gasteiger partial charge on any atom is -0.461 e. The van der Waals surface area contributed by atoms with E-state index in [0.29, 0.717) is 25.8 Å². The Balaban J connectivity index is 5.05. The molecule has 0 heterocycles. The van der Waals surface area contributed by atoms with Crippen molar-refractivity contribution in [3.63, 3.8) is 0 Å². The standard InChI is InChI=1S/C27H43N3O8/c1-7-16-36-23(32)14-13-21(25(34)38-18-9-3)30-26(35)29-20(24(33)37-17-8-2)12-10-11-15-28-22(31)19-27(4,5)6/h7-9,20-21H,1-3,10-19H2,4-6H3,(H,28,31)(H2,29,30,35). The molecule has 2 unspecified atom stereocenters. The van der Waals surface area contributed by atoms with Gasteiger partial charge < -0.3 is 30.2 Å². The molecule has 3 N–H and O–H groups in total. The lowest BCUT2D eigenvalue weighted by Gasteiger charge is -2.21. The average molecular weight is 538 g/mol. The summed E-state index contributed by atoms with van der Waals surface area (Å²) in [6.07, 6.45) is 5.64. The van der Waals surface area contributed by atoms with Crippen molar-refractivity contribution >= 4 is 29.8 Å².